The minimum absolute atomic E-state index is 0.00130. The SMILES string of the molecule is C=C[C@H]1CN2CC[C@H]1C[C@@H]2[C@@H](NP(=O)(Nc1ccc([N+](=O)[O-])cc1)Nc1ccc([N+](=O)[O-])cc1)c1ccnc2ccccc12. The molecule has 3 aliphatic heterocycles. The predicted molar refractivity (Wildman–Crippen MR) is 170 cm³/mol. The molecule has 3 N–H and O–H groups in total. The molecule has 12 nitrogen and oxygen atoms in total. The standard InChI is InChI=1S/C31H32N7O5P/c1-2-21-20-36-18-16-22(21)19-30(36)31(28-15-17-32-29-6-4-3-5-27(28)29)35-44(43,33-23-7-11-25(12-8-23)37(39)40)34-24-9-13-26(14-10-24)38(41)42/h2-15,17,21-22,30-31H,1,16,18-20H2,(H3,33,34,35,43)/t21-,22-,30+,31-/m0/s1. The van der Waals surface area contributed by atoms with Crippen molar-refractivity contribution in [2.24, 2.45) is 11.8 Å². The molecular weight excluding hydrogens is 581 g/mol. The number of nitrogens with zero attached hydrogens (tertiary/aromatic N) is 4. The summed E-state index contributed by atoms with van der Waals surface area (Å²) in [5.41, 5.74) is 2.38. The molecule has 1 aromatic heterocycles. The molecule has 44 heavy (non-hydrogen) atoms. The monoisotopic (exact) mass is 613 g/mol. The maximum Gasteiger partial charge on any atom is 0.328 e. The van der Waals surface area contributed by atoms with Crippen molar-refractivity contribution in [1.82, 2.24) is 15.0 Å². The van der Waals surface area contributed by atoms with E-state index in [-0.39, 0.29) is 17.4 Å². The Bertz CT molecular complexity index is 1680. The number of nitro benzene ring substituents is 2. The van der Waals surface area contributed by atoms with Gasteiger partial charge in [-0.05, 0) is 73.2 Å². The third-order valence-corrected chi connectivity index (χ3v) is 10.4. The summed E-state index contributed by atoms with van der Waals surface area (Å²) in [5.74, 6) is 0.836. The van der Waals surface area contributed by atoms with Gasteiger partial charge in [0.25, 0.3) is 11.4 Å². The molecule has 7 rings (SSSR count). The third-order valence-electron chi connectivity index (χ3n) is 8.61. The van der Waals surface area contributed by atoms with Crippen LogP contribution in [0.5, 0.6) is 0 Å². The smallest absolute Gasteiger partial charge is 0.308 e. The summed E-state index contributed by atoms with van der Waals surface area (Å²) in [7, 11) is -3.81. The Kier molecular flexibility index (Phi) is 8.13. The fourth-order valence-corrected chi connectivity index (χ4v) is 8.36. The van der Waals surface area contributed by atoms with Gasteiger partial charge in [0.05, 0.1) is 21.4 Å². The Morgan fingerprint density at radius 3 is 2.09 bits per heavy atom. The number of aromatic nitrogens is 1. The Morgan fingerprint density at radius 2 is 1.55 bits per heavy atom. The number of nitro groups is 2. The molecule has 0 aliphatic carbocycles. The van der Waals surface area contributed by atoms with E-state index in [1.807, 2.05) is 36.4 Å². The molecule has 2 bridgehead atoms. The summed E-state index contributed by atoms with van der Waals surface area (Å²) in [6.07, 6.45) is 5.74. The Hall–Kier alpha value is -4.64. The van der Waals surface area contributed by atoms with Crippen molar-refractivity contribution in [3.8, 4) is 0 Å². The fourth-order valence-electron chi connectivity index (χ4n) is 6.44. The first kappa shape index (κ1) is 29.4. The molecule has 3 fully saturated rings. The topological polar surface area (TPSA) is 156 Å². The summed E-state index contributed by atoms with van der Waals surface area (Å²) in [5, 5.41) is 33.1. The van der Waals surface area contributed by atoms with Crippen molar-refractivity contribution < 1.29 is 14.4 Å². The van der Waals surface area contributed by atoms with Crippen LogP contribution in [-0.2, 0) is 4.57 Å². The Labute approximate surface area is 254 Å². The first-order valence-electron chi connectivity index (χ1n) is 14.4. The van der Waals surface area contributed by atoms with Gasteiger partial charge in [-0.1, -0.05) is 24.3 Å². The van der Waals surface area contributed by atoms with Crippen molar-refractivity contribution >= 4 is 41.2 Å². The molecule has 226 valence electrons. The number of piperidine rings is 3. The molecule has 3 aromatic carbocycles. The maximum atomic E-state index is 15.0. The molecule has 13 heteroatoms. The lowest BCUT2D eigenvalue weighted by Crippen LogP contribution is -2.56. The number of rotatable bonds is 11. The van der Waals surface area contributed by atoms with Gasteiger partial charge in [0.15, 0.2) is 0 Å². The van der Waals surface area contributed by atoms with E-state index < -0.39 is 23.5 Å². The van der Waals surface area contributed by atoms with E-state index in [9.17, 15) is 20.2 Å². The number of anilines is 2. The molecule has 0 radical (unpaired) electrons. The lowest BCUT2D eigenvalue weighted by atomic mass is 9.73. The molecule has 4 heterocycles. The number of para-hydroxylation sites is 1. The van der Waals surface area contributed by atoms with Crippen molar-refractivity contribution in [3.05, 3.63) is 124 Å². The number of hydrogen-bond acceptors (Lipinski definition) is 7. The zero-order valence-corrected chi connectivity index (χ0v) is 24.7. The van der Waals surface area contributed by atoms with Crippen LogP contribution >= 0.6 is 7.59 Å². The van der Waals surface area contributed by atoms with Crippen molar-refractivity contribution in [2.75, 3.05) is 23.3 Å². The molecule has 4 aromatic rings. The quantitative estimate of drug-likeness (QED) is 0.0703. The van der Waals surface area contributed by atoms with Gasteiger partial charge < -0.3 is 10.2 Å². The number of hydrogen-bond donors (Lipinski definition) is 3. The molecule has 1 unspecified atom stereocenters. The van der Waals surface area contributed by atoms with Crippen LogP contribution in [0.2, 0.25) is 0 Å². The second-order valence-corrected chi connectivity index (χ2v) is 13.1. The van der Waals surface area contributed by atoms with E-state index >= 15 is 4.57 Å². The van der Waals surface area contributed by atoms with Gasteiger partial charge in [-0.3, -0.25) is 34.7 Å². The summed E-state index contributed by atoms with van der Waals surface area (Å²) in [6, 6.07) is 20.7. The molecule has 3 aliphatic rings. The largest absolute Gasteiger partial charge is 0.328 e. The second-order valence-electron chi connectivity index (χ2n) is 11.2. The molecule has 0 amide bonds. The van der Waals surface area contributed by atoms with Gasteiger partial charge in [0.1, 0.15) is 0 Å². The van der Waals surface area contributed by atoms with Crippen LogP contribution in [0, 0.1) is 32.1 Å². The fraction of sp³-hybridized carbons (Fsp3) is 0.258. The number of non-ortho nitro benzene ring substituents is 2. The van der Waals surface area contributed by atoms with Gasteiger partial charge >= 0.3 is 7.59 Å². The van der Waals surface area contributed by atoms with E-state index in [0.717, 1.165) is 42.4 Å². The highest BCUT2D eigenvalue weighted by molar-refractivity contribution is 7.64. The Balaban J connectivity index is 1.42. The van der Waals surface area contributed by atoms with Gasteiger partial charge in [0, 0.05) is 59.8 Å². The number of fused-ring (bicyclic) bond motifs is 4. The molecule has 3 saturated heterocycles. The van der Waals surface area contributed by atoms with E-state index in [0.29, 0.717) is 23.2 Å². The summed E-state index contributed by atoms with van der Waals surface area (Å²) in [6.45, 7) is 5.83. The van der Waals surface area contributed by atoms with Crippen LogP contribution in [0.1, 0.15) is 24.4 Å². The summed E-state index contributed by atoms with van der Waals surface area (Å²) in [4.78, 5) is 28.5. The van der Waals surface area contributed by atoms with Crippen LogP contribution in [0.4, 0.5) is 22.7 Å². The summed E-state index contributed by atoms with van der Waals surface area (Å²) >= 11 is 0. The first-order chi connectivity index (χ1) is 21.2. The van der Waals surface area contributed by atoms with E-state index in [4.69, 9.17) is 0 Å². The van der Waals surface area contributed by atoms with Crippen molar-refractivity contribution in [3.63, 3.8) is 0 Å². The third kappa shape index (κ3) is 6.05. The highest BCUT2D eigenvalue weighted by Gasteiger charge is 2.44. The number of pyridine rings is 1. The second kappa shape index (κ2) is 12.2. The van der Waals surface area contributed by atoms with Crippen LogP contribution in [0.15, 0.2) is 97.7 Å². The van der Waals surface area contributed by atoms with Gasteiger partial charge in [-0.2, -0.15) is 0 Å². The Morgan fingerprint density at radius 1 is 0.932 bits per heavy atom. The highest BCUT2D eigenvalue weighted by Crippen LogP contribution is 2.49. The minimum atomic E-state index is -3.81. The zero-order chi connectivity index (χ0) is 30.8. The van der Waals surface area contributed by atoms with Gasteiger partial charge in [-0.25, -0.2) is 5.09 Å². The molecule has 0 spiro atoms. The minimum Gasteiger partial charge on any atom is -0.308 e. The number of nitrogens with one attached hydrogen (secondary N) is 3. The van der Waals surface area contributed by atoms with Crippen molar-refractivity contribution in [1.29, 1.82) is 0 Å². The normalized spacial score (nSPS) is 21.8. The zero-order valence-electron chi connectivity index (χ0n) is 23.8. The van der Waals surface area contributed by atoms with E-state index in [2.05, 4.69) is 31.7 Å². The van der Waals surface area contributed by atoms with Crippen LogP contribution < -0.4 is 15.3 Å². The van der Waals surface area contributed by atoms with Crippen molar-refractivity contribution in [2.45, 2.75) is 24.9 Å². The van der Waals surface area contributed by atoms with E-state index in [1.165, 1.54) is 48.5 Å². The van der Waals surface area contributed by atoms with Gasteiger partial charge in [-0.15, -0.1) is 6.58 Å². The average molecular weight is 614 g/mol. The summed E-state index contributed by atoms with van der Waals surface area (Å²) < 4.78 is 15.0. The van der Waals surface area contributed by atoms with E-state index in [1.54, 1.807) is 6.20 Å². The van der Waals surface area contributed by atoms with Crippen LogP contribution in [0.3, 0.4) is 0 Å². The highest BCUT2D eigenvalue weighted by atomic mass is 31.2. The molecule has 5 atom stereocenters. The lowest BCUT2D eigenvalue weighted by molar-refractivity contribution is -0.385. The van der Waals surface area contributed by atoms with Crippen LogP contribution in [-0.4, -0.2) is 38.9 Å². The molecule has 0 saturated carbocycles. The van der Waals surface area contributed by atoms with Gasteiger partial charge in [0.2, 0.25) is 0 Å². The molecular formula is C31H32N7O5P. The average Bonchev–Trinajstić information content (AvgIpc) is 3.04. The lowest BCUT2D eigenvalue weighted by Gasteiger charge is -2.52. The first-order valence-corrected chi connectivity index (χ1v) is 16.1. The van der Waals surface area contributed by atoms with Crippen LogP contribution in [0.25, 0.3) is 10.9 Å². The predicted octanol–water partition coefficient (Wildman–Crippen LogP) is 6.91. The number of benzene rings is 3. The maximum absolute atomic E-state index is 15.0.